The Hall–Kier alpha value is -3.11. The Morgan fingerprint density at radius 2 is 1.97 bits per heavy atom. The van der Waals surface area contributed by atoms with Crippen LogP contribution in [0.25, 0.3) is 11.3 Å². The Balaban J connectivity index is 0.000000913. The highest BCUT2D eigenvalue weighted by atomic mass is 16.5. The average molecular weight is 447 g/mol. The van der Waals surface area contributed by atoms with Crippen molar-refractivity contribution < 1.29 is 34.2 Å². The first-order chi connectivity index (χ1) is 15.5. The fourth-order valence-electron chi connectivity index (χ4n) is 4.01. The smallest absolute Gasteiger partial charge is 0.343 e. The minimum absolute atomic E-state index is 0.0774. The molecule has 1 aromatic heterocycles. The number of piperazine rings is 1. The predicted molar refractivity (Wildman–Crippen MR) is 116 cm³/mol. The van der Waals surface area contributed by atoms with Gasteiger partial charge in [0.15, 0.2) is 17.1 Å². The average Bonchev–Trinajstić information content (AvgIpc) is 3.49. The summed E-state index contributed by atoms with van der Waals surface area (Å²) in [7, 11) is 1.58. The van der Waals surface area contributed by atoms with Gasteiger partial charge in [-0.2, -0.15) is 0 Å². The van der Waals surface area contributed by atoms with E-state index in [9.17, 15) is 15.0 Å². The van der Waals surface area contributed by atoms with Crippen LogP contribution in [0.1, 0.15) is 29.6 Å². The minimum atomic E-state index is -1.06. The van der Waals surface area contributed by atoms with Gasteiger partial charge in [-0.3, -0.25) is 9.69 Å². The monoisotopic (exact) mass is 447 g/mol. The zero-order chi connectivity index (χ0) is 23.1. The molecule has 3 N–H and O–H groups in total. The Bertz CT molecular complexity index is 895. The number of methoxy groups -OCH3 is 1. The molecular weight excluding hydrogens is 418 g/mol. The molecule has 32 heavy (non-hydrogen) atoms. The van der Waals surface area contributed by atoms with Crippen LogP contribution in [-0.4, -0.2) is 83.8 Å². The minimum Gasteiger partial charge on any atom is -0.497 e. The lowest BCUT2D eigenvalue weighted by atomic mass is 10.1. The number of hydrogen-bond acceptors (Lipinski definition) is 8. The highest BCUT2D eigenvalue weighted by Gasteiger charge is 2.35. The lowest BCUT2D eigenvalue weighted by Gasteiger charge is -2.41. The van der Waals surface area contributed by atoms with E-state index in [0.29, 0.717) is 36.6 Å². The standard InChI is InChI=1S/C21H27N3O5.CH2O2/c1-28-17-6-4-15(5-7-17)19-18(21(26)27)20(22-29-19)24-10-9-23(12-14-2-3-14)16(13-24)8-11-25;2-1-3/h4-7,14,16,25H,2-3,8-13H2,1H3,(H,26,27);1H,(H,2,3). The van der Waals surface area contributed by atoms with E-state index in [4.69, 9.17) is 19.2 Å². The number of aliphatic hydroxyl groups is 1. The third-order valence-corrected chi connectivity index (χ3v) is 5.80. The normalized spacial score (nSPS) is 18.6. The Morgan fingerprint density at radius 3 is 2.53 bits per heavy atom. The fraction of sp³-hybridized carbons (Fsp3) is 0.500. The van der Waals surface area contributed by atoms with Crippen molar-refractivity contribution in [1.82, 2.24) is 10.1 Å². The molecule has 2 fully saturated rings. The summed E-state index contributed by atoms with van der Waals surface area (Å²) in [5.74, 6) is 0.993. The molecule has 174 valence electrons. The molecule has 1 aromatic carbocycles. The van der Waals surface area contributed by atoms with Crippen LogP contribution in [0.15, 0.2) is 28.8 Å². The number of benzene rings is 1. The summed E-state index contributed by atoms with van der Waals surface area (Å²) in [4.78, 5) is 24.8. The number of carbonyl (C=O) groups is 2. The van der Waals surface area contributed by atoms with E-state index in [1.807, 2.05) is 4.90 Å². The maximum atomic E-state index is 12.1. The zero-order valence-corrected chi connectivity index (χ0v) is 18.0. The van der Waals surface area contributed by atoms with Gasteiger partial charge in [-0.05, 0) is 49.4 Å². The summed E-state index contributed by atoms with van der Waals surface area (Å²) in [5, 5.41) is 30.4. The molecule has 10 nitrogen and oxygen atoms in total. The SMILES string of the molecule is COc1ccc(-c2onc(N3CCN(CC4CC4)C(CCO)C3)c2C(=O)O)cc1.O=CO. The highest BCUT2D eigenvalue weighted by molar-refractivity contribution is 5.99. The molecule has 0 bridgehead atoms. The lowest BCUT2D eigenvalue weighted by molar-refractivity contribution is -0.122. The molecular formula is C22H29N3O7. The van der Waals surface area contributed by atoms with E-state index >= 15 is 0 Å². The molecule has 2 aromatic rings. The van der Waals surface area contributed by atoms with E-state index in [1.54, 1.807) is 31.4 Å². The topological polar surface area (TPSA) is 137 Å². The number of anilines is 1. The third kappa shape index (κ3) is 5.57. The molecule has 1 saturated carbocycles. The van der Waals surface area contributed by atoms with Crippen LogP contribution in [-0.2, 0) is 4.79 Å². The molecule has 1 aliphatic heterocycles. The zero-order valence-electron chi connectivity index (χ0n) is 18.0. The highest BCUT2D eigenvalue weighted by Crippen LogP contribution is 2.35. The van der Waals surface area contributed by atoms with Crippen LogP contribution < -0.4 is 9.64 Å². The van der Waals surface area contributed by atoms with Gasteiger partial charge in [-0.25, -0.2) is 4.79 Å². The molecule has 1 aliphatic carbocycles. The van der Waals surface area contributed by atoms with Gasteiger partial charge in [-0.15, -0.1) is 0 Å². The predicted octanol–water partition coefficient (Wildman–Crippen LogP) is 2.03. The summed E-state index contributed by atoms with van der Waals surface area (Å²) >= 11 is 0. The Labute approximate surface area is 186 Å². The van der Waals surface area contributed by atoms with Gasteiger partial charge in [0.1, 0.15) is 5.75 Å². The first-order valence-electron chi connectivity index (χ1n) is 10.6. The molecule has 0 spiro atoms. The van der Waals surface area contributed by atoms with Crippen LogP contribution in [0, 0.1) is 5.92 Å². The van der Waals surface area contributed by atoms with Crippen molar-refractivity contribution >= 4 is 18.3 Å². The number of rotatable bonds is 8. The van der Waals surface area contributed by atoms with Crippen molar-refractivity contribution in [2.75, 3.05) is 44.8 Å². The third-order valence-electron chi connectivity index (χ3n) is 5.80. The maximum Gasteiger partial charge on any atom is 0.343 e. The summed E-state index contributed by atoms with van der Waals surface area (Å²) in [6.45, 7) is 3.05. The molecule has 2 aliphatic rings. The van der Waals surface area contributed by atoms with E-state index in [-0.39, 0.29) is 30.4 Å². The number of aliphatic hydroxyl groups excluding tert-OH is 1. The van der Waals surface area contributed by atoms with Crippen molar-refractivity contribution in [1.29, 1.82) is 0 Å². The van der Waals surface area contributed by atoms with Crippen LogP contribution in [0.2, 0.25) is 0 Å². The van der Waals surface area contributed by atoms with Crippen LogP contribution >= 0.6 is 0 Å². The number of carboxylic acid groups (broad SMARTS) is 2. The van der Waals surface area contributed by atoms with Crippen LogP contribution in [0.4, 0.5) is 5.82 Å². The quantitative estimate of drug-likeness (QED) is 0.516. The number of ether oxygens (including phenoxy) is 1. The summed E-state index contributed by atoms with van der Waals surface area (Å²) in [6, 6.07) is 7.22. The summed E-state index contributed by atoms with van der Waals surface area (Å²) in [5.41, 5.74) is 0.717. The first-order valence-corrected chi connectivity index (χ1v) is 10.6. The number of aromatic carboxylic acids is 1. The van der Waals surface area contributed by atoms with Crippen molar-refractivity contribution in [2.45, 2.75) is 25.3 Å². The Morgan fingerprint density at radius 1 is 1.28 bits per heavy atom. The number of carboxylic acids is 1. The van der Waals surface area contributed by atoms with E-state index in [1.165, 1.54) is 12.8 Å². The van der Waals surface area contributed by atoms with Crippen molar-refractivity contribution in [3.63, 3.8) is 0 Å². The van der Waals surface area contributed by atoms with Gasteiger partial charge in [0.25, 0.3) is 6.47 Å². The van der Waals surface area contributed by atoms with Gasteiger partial charge in [0, 0.05) is 44.4 Å². The molecule has 2 heterocycles. The van der Waals surface area contributed by atoms with Gasteiger partial charge in [-0.1, -0.05) is 5.16 Å². The first kappa shape index (κ1) is 23.6. The van der Waals surface area contributed by atoms with Crippen LogP contribution in [0.3, 0.4) is 0 Å². The summed E-state index contributed by atoms with van der Waals surface area (Å²) < 4.78 is 10.7. The van der Waals surface area contributed by atoms with Gasteiger partial charge in [0.05, 0.1) is 7.11 Å². The molecule has 1 atom stereocenters. The van der Waals surface area contributed by atoms with E-state index in [0.717, 1.165) is 19.0 Å². The van der Waals surface area contributed by atoms with Crippen molar-refractivity contribution in [3.05, 3.63) is 29.8 Å². The van der Waals surface area contributed by atoms with Crippen LogP contribution in [0.5, 0.6) is 5.75 Å². The van der Waals surface area contributed by atoms with Crippen molar-refractivity contribution in [3.8, 4) is 17.1 Å². The molecule has 1 unspecified atom stereocenters. The second-order valence-electron chi connectivity index (χ2n) is 7.90. The second kappa shape index (κ2) is 11.0. The lowest BCUT2D eigenvalue weighted by Crippen LogP contribution is -2.54. The largest absolute Gasteiger partial charge is 0.497 e. The van der Waals surface area contributed by atoms with Gasteiger partial charge >= 0.3 is 5.97 Å². The number of nitrogens with zero attached hydrogens (tertiary/aromatic N) is 3. The molecule has 4 rings (SSSR count). The molecule has 0 amide bonds. The fourth-order valence-corrected chi connectivity index (χ4v) is 4.01. The van der Waals surface area contributed by atoms with Crippen molar-refractivity contribution in [2.24, 2.45) is 5.92 Å². The maximum absolute atomic E-state index is 12.1. The molecule has 1 saturated heterocycles. The Kier molecular flexibility index (Phi) is 8.07. The molecule has 0 radical (unpaired) electrons. The van der Waals surface area contributed by atoms with E-state index in [2.05, 4.69) is 10.1 Å². The van der Waals surface area contributed by atoms with Gasteiger partial charge in [0.2, 0.25) is 0 Å². The number of hydrogen-bond donors (Lipinski definition) is 3. The van der Waals surface area contributed by atoms with Gasteiger partial charge < -0.3 is 29.5 Å². The second-order valence-corrected chi connectivity index (χ2v) is 7.90. The molecule has 10 heteroatoms. The van der Waals surface area contributed by atoms with E-state index < -0.39 is 5.97 Å². The summed E-state index contributed by atoms with van der Waals surface area (Å²) in [6.07, 6.45) is 3.22. The number of aromatic nitrogens is 1.